The van der Waals surface area contributed by atoms with Crippen molar-refractivity contribution in [2.24, 2.45) is 0 Å². The largest absolute Gasteiger partial charge is 0.399 e. The minimum atomic E-state index is -0.128. The number of benzene rings is 2. The van der Waals surface area contributed by atoms with Crippen molar-refractivity contribution >= 4 is 47.8 Å². The highest BCUT2D eigenvalue weighted by Gasteiger charge is 2.16. The molecule has 2 aromatic rings. The van der Waals surface area contributed by atoms with E-state index in [1.165, 1.54) is 19.3 Å². The molecule has 0 radical (unpaired) electrons. The number of halogens is 2. The Hall–Kier alpha value is -1.91. The van der Waals surface area contributed by atoms with Crippen molar-refractivity contribution in [2.45, 2.75) is 19.3 Å². The number of nitrogens with one attached hydrogen (secondary N) is 1. The first-order chi connectivity index (χ1) is 10.7. The van der Waals surface area contributed by atoms with E-state index >= 15 is 0 Å². The summed E-state index contributed by atoms with van der Waals surface area (Å²) in [6, 6.07) is 15.0. The van der Waals surface area contributed by atoms with E-state index in [0.717, 1.165) is 24.5 Å². The second kappa shape index (κ2) is 9.40. The first kappa shape index (κ1) is 20.1. The van der Waals surface area contributed by atoms with Gasteiger partial charge in [-0.1, -0.05) is 18.2 Å². The summed E-state index contributed by atoms with van der Waals surface area (Å²) in [6.07, 6.45) is 3.70. The fourth-order valence-electron chi connectivity index (χ4n) is 2.86. The number of para-hydroxylation sites is 2. The first-order valence-corrected chi connectivity index (χ1v) is 7.75. The molecule has 2 aromatic carbocycles. The molecule has 3 rings (SSSR count). The highest BCUT2D eigenvalue weighted by atomic mass is 35.5. The predicted molar refractivity (Wildman–Crippen MR) is 106 cm³/mol. The number of anilines is 3. The summed E-state index contributed by atoms with van der Waals surface area (Å²) >= 11 is 0. The highest BCUT2D eigenvalue weighted by Crippen LogP contribution is 2.28. The van der Waals surface area contributed by atoms with Gasteiger partial charge in [-0.15, -0.1) is 24.8 Å². The topological polar surface area (TPSA) is 58.4 Å². The van der Waals surface area contributed by atoms with Crippen LogP contribution >= 0.6 is 24.8 Å². The van der Waals surface area contributed by atoms with Gasteiger partial charge in [-0.05, 0) is 49.6 Å². The van der Waals surface area contributed by atoms with Gasteiger partial charge in [-0.2, -0.15) is 0 Å². The summed E-state index contributed by atoms with van der Waals surface area (Å²) in [7, 11) is 0. The number of amides is 1. The molecule has 1 amide bonds. The lowest BCUT2D eigenvalue weighted by Gasteiger charge is -2.30. The summed E-state index contributed by atoms with van der Waals surface area (Å²) < 4.78 is 0. The Bertz CT molecular complexity index is 673. The minimum Gasteiger partial charge on any atom is -0.399 e. The zero-order valence-corrected chi connectivity index (χ0v) is 15.0. The average Bonchev–Trinajstić information content (AvgIpc) is 2.56. The van der Waals surface area contributed by atoms with Gasteiger partial charge in [0.05, 0.1) is 11.4 Å². The molecule has 0 spiro atoms. The molecule has 0 aromatic heterocycles. The van der Waals surface area contributed by atoms with E-state index in [4.69, 9.17) is 5.73 Å². The highest BCUT2D eigenvalue weighted by molar-refractivity contribution is 6.06. The number of hydrogen-bond donors (Lipinski definition) is 2. The Morgan fingerprint density at radius 2 is 1.67 bits per heavy atom. The third kappa shape index (κ3) is 4.79. The van der Waals surface area contributed by atoms with Crippen molar-refractivity contribution in [3.63, 3.8) is 0 Å². The van der Waals surface area contributed by atoms with Crippen molar-refractivity contribution in [3.05, 3.63) is 54.1 Å². The molecule has 1 fully saturated rings. The van der Waals surface area contributed by atoms with Crippen LogP contribution in [0.2, 0.25) is 0 Å². The summed E-state index contributed by atoms with van der Waals surface area (Å²) in [6.45, 7) is 2.09. The third-order valence-electron chi connectivity index (χ3n) is 4.00. The zero-order chi connectivity index (χ0) is 15.4. The summed E-state index contributed by atoms with van der Waals surface area (Å²) in [5, 5.41) is 3.02. The summed E-state index contributed by atoms with van der Waals surface area (Å²) in [4.78, 5) is 14.8. The molecule has 3 N–H and O–H groups in total. The maximum absolute atomic E-state index is 12.4. The van der Waals surface area contributed by atoms with Crippen LogP contribution in [0, 0.1) is 0 Å². The van der Waals surface area contributed by atoms with Crippen LogP contribution < -0.4 is 16.0 Å². The molecular weight excluding hydrogens is 345 g/mol. The molecule has 0 unspecified atom stereocenters. The van der Waals surface area contributed by atoms with Crippen LogP contribution in [-0.4, -0.2) is 19.0 Å². The molecule has 0 saturated carbocycles. The van der Waals surface area contributed by atoms with Crippen molar-refractivity contribution in [2.75, 3.05) is 29.0 Å². The van der Waals surface area contributed by atoms with Gasteiger partial charge in [0.1, 0.15) is 0 Å². The van der Waals surface area contributed by atoms with E-state index in [1.807, 2.05) is 18.2 Å². The molecule has 4 nitrogen and oxygen atoms in total. The van der Waals surface area contributed by atoms with Gasteiger partial charge in [0.15, 0.2) is 0 Å². The Labute approximate surface area is 155 Å². The second-order valence-electron chi connectivity index (χ2n) is 5.64. The van der Waals surface area contributed by atoms with Crippen LogP contribution in [0.25, 0.3) is 0 Å². The number of nitrogens with zero attached hydrogens (tertiary/aromatic N) is 1. The normalized spacial score (nSPS) is 13.4. The molecule has 1 aliphatic heterocycles. The molecule has 1 heterocycles. The lowest BCUT2D eigenvalue weighted by atomic mass is 10.1. The van der Waals surface area contributed by atoms with E-state index in [0.29, 0.717) is 11.3 Å². The summed E-state index contributed by atoms with van der Waals surface area (Å²) in [5.41, 5.74) is 8.87. The molecule has 1 saturated heterocycles. The number of rotatable bonds is 3. The van der Waals surface area contributed by atoms with Crippen LogP contribution in [0.5, 0.6) is 0 Å². The minimum absolute atomic E-state index is 0. The van der Waals surface area contributed by atoms with Gasteiger partial charge < -0.3 is 16.0 Å². The number of carbonyl (C=O) groups excluding carboxylic acids is 1. The number of hydrogen-bond acceptors (Lipinski definition) is 3. The standard InChI is InChI=1S/C18H21N3O.2ClH/c19-15-8-6-7-14(13-15)18(22)20-16-9-2-3-10-17(16)21-11-4-1-5-12-21;;/h2-3,6-10,13H,1,4-5,11-12,19H2,(H,20,22);2*1H. The lowest BCUT2D eigenvalue weighted by molar-refractivity contribution is 0.102. The van der Waals surface area contributed by atoms with Crippen molar-refractivity contribution < 1.29 is 4.79 Å². The van der Waals surface area contributed by atoms with Crippen LogP contribution in [-0.2, 0) is 0 Å². The van der Waals surface area contributed by atoms with Gasteiger partial charge in [-0.25, -0.2) is 0 Å². The monoisotopic (exact) mass is 367 g/mol. The van der Waals surface area contributed by atoms with Gasteiger partial charge >= 0.3 is 0 Å². The third-order valence-corrected chi connectivity index (χ3v) is 4.00. The number of nitrogen functional groups attached to an aromatic ring is 1. The van der Waals surface area contributed by atoms with Crippen LogP contribution in [0.4, 0.5) is 17.1 Å². The van der Waals surface area contributed by atoms with E-state index < -0.39 is 0 Å². The maximum atomic E-state index is 12.4. The molecule has 6 heteroatoms. The molecule has 24 heavy (non-hydrogen) atoms. The first-order valence-electron chi connectivity index (χ1n) is 7.75. The molecule has 0 aliphatic carbocycles. The number of piperidine rings is 1. The van der Waals surface area contributed by atoms with Crippen LogP contribution in [0.3, 0.4) is 0 Å². The summed E-state index contributed by atoms with van der Waals surface area (Å²) in [5.74, 6) is -0.128. The molecule has 0 atom stereocenters. The Morgan fingerprint density at radius 1 is 0.958 bits per heavy atom. The second-order valence-corrected chi connectivity index (χ2v) is 5.64. The van der Waals surface area contributed by atoms with E-state index in [2.05, 4.69) is 16.3 Å². The van der Waals surface area contributed by atoms with Crippen LogP contribution in [0.15, 0.2) is 48.5 Å². The van der Waals surface area contributed by atoms with E-state index in [1.54, 1.807) is 24.3 Å². The molecular formula is C18H23Cl2N3O. The number of carbonyl (C=O) groups is 1. The Balaban J connectivity index is 0.00000144. The fourth-order valence-corrected chi connectivity index (χ4v) is 2.86. The number of nitrogens with two attached hydrogens (primary N) is 1. The van der Waals surface area contributed by atoms with Crippen molar-refractivity contribution in [1.82, 2.24) is 0 Å². The Kier molecular flexibility index (Phi) is 7.89. The SMILES string of the molecule is Cl.Cl.Nc1cccc(C(=O)Nc2ccccc2N2CCCCC2)c1. The smallest absolute Gasteiger partial charge is 0.255 e. The predicted octanol–water partition coefficient (Wildman–Crippen LogP) is 4.36. The van der Waals surface area contributed by atoms with Gasteiger partial charge in [-0.3, -0.25) is 4.79 Å². The van der Waals surface area contributed by atoms with Crippen molar-refractivity contribution in [1.29, 1.82) is 0 Å². The zero-order valence-electron chi connectivity index (χ0n) is 13.4. The lowest BCUT2D eigenvalue weighted by Crippen LogP contribution is -2.30. The van der Waals surface area contributed by atoms with Crippen LogP contribution in [0.1, 0.15) is 29.6 Å². The van der Waals surface area contributed by atoms with E-state index in [-0.39, 0.29) is 30.7 Å². The Morgan fingerprint density at radius 3 is 2.38 bits per heavy atom. The molecule has 130 valence electrons. The average molecular weight is 368 g/mol. The van der Waals surface area contributed by atoms with Gasteiger partial charge in [0.25, 0.3) is 5.91 Å². The quantitative estimate of drug-likeness (QED) is 0.792. The molecule has 0 bridgehead atoms. The van der Waals surface area contributed by atoms with Crippen molar-refractivity contribution in [3.8, 4) is 0 Å². The molecule has 1 aliphatic rings. The fraction of sp³-hybridized carbons (Fsp3) is 0.278. The van der Waals surface area contributed by atoms with Gasteiger partial charge in [0.2, 0.25) is 0 Å². The maximum Gasteiger partial charge on any atom is 0.255 e. The van der Waals surface area contributed by atoms with Gasteiger partial charge in [0, 0.05) is 24.3 Å². The van der Waals surface area contributed by atoms with E-state index in [9.17, 15) is 4.79 Å².